The lowest BCUT2D eigenvalue weighted by molar-refractivity contribution is 0.0953. The van der Waals surface area contributed by atoms with Crippen molar-refractivity contribution in [2.75, 3.05) is 6.54 Å². The lowest BCUT2D eigenvalue weighted by Crippen LogP contribution is -2.26. The first-order valence-corrected chi connectivity index (χ1v) is 6.10. The highest BCUT2D eigenvalue weighted by atomic mass is 16.1. The van der Waals surface area contributed by atoms with Gasteiger partial charge in [0, 0.05) is 29.2 Å². The highest BCUT2D eigenvalue weighted by Gasteiger charge is 2.32. The van der Waals surface area contributed by atoms with Crippen LogP contribution in [0.5, 0.6) is 0 Å². The summed E-state index contributed by atoms with van der Waals surface area (Å²) in [6.45, 7) is 3.03. The Hall–Kier alpha value is -1.77. The molecule has 1 saturated carbocycles. The summed E-state index contributed by atoms with van der Waals surface area (Å²) in [7, 11) is 0. The van der Waals surface area contributed by atoms with Crippen LogP contribution in [0.1, 0.15) is 23.7 Å². The Morgan fingerprint density at radius 3 is 3.06 bits per heavy atom. The molecule has 1 amide bonds. The predicted octanol–water partition coefficient (Wildman–Crippen LogP) is 2.55. The van der Waals surface area contributed by atoms with Crippen molar-refractivity contribution in [1.29, 1.82) is 0 Å². The Bertz CT molecular complexity index is 558. The number of hydrogen-bond acceptors (Lipinski definition) is 1. The van der Waals surface area contributed by atoms with E-state index in [0.29, 0.717) is 5.92 Å². The minimum Gasteiger partial charge on any atom is -0.361 e. The maximum absolute atomic E-state index is 12.1. The molecule has 0 aliphatic heterocycles. The van der Waals surface area contributed by atoms with Crippen molar-refractivity contribution in [2.24, 2.45) is 11.8 Å². The lowest BCUT2D eigenvalue weighted by Gasteiger charge is -2.05. The Kier molecular flexibility index (Phi) is 2.39. The molecule has 1 heterocycles. The average Bonchev–Trinajstić information content (AvgIpc) is 2.85. The third-order valence-electron chi connectivity index (χ3n) is 3.64. The Balaban J connectivity index is 1.78. The molecular formula is C14H16N2O. The van der Waals surface area contributed by atoms with Crippen LogP contribution in [0.3, 0.4) is 0 Å². The molecule has 2 N–H and O–H groups in total. The van der Waals surface area contributed by atoms with Crippen molar-refractivity contribution in [1.82, 2.24) is 10.3 Å². The molecule has 2 aromatic rings. The topological polar surface area (TPSA) is 44.9 Å². The number of H-pyrrole nitrogens is 1. The SMILES string of the molecule is CC1CC1CNC(=O)c1cccc2[nH]ccc12. The molecule has 2 atom stereocenters. The molecule has 1 aliphatic carbocycles. The lowest BCUT2D eigenvalue weighted by atomic mass is 10.1. The molecule has 3 rings (SSSR count). The van der Waals surface area contributed by atoms with Gasteiger partial charge in [0.05, 0.1) is 0 Å². The van der Waals surface area contributed by atoms with Crippen LogP contribution >= 0.6 is 0 Å². The standard InChI is InChI=1S/C14H16N2O/c1-9-7-10(9)8-16-14(17)12-3-2-4-13-11(12)5-6-15-13/h2-6,9-10,15H,7-8H2,1H3,(H,16,17). The van der Waals surface area contributed by atoms with Gasteiger partial charge in [-0.3, -0.25) is 4.79 Å². The van der Waals surface area contributed by atoms with Gasteiger partial charge in [-0.1, -0.05) is 13.0 Å². The Morgan fingerprint density at radius 1 is 1.47 bits per heavy atom. The van der Waals surface area contributed by atoms with Gasteiger partial charge in [-0.05, 0) is 36.5 Å². The molecule has 0 bridgehead atoms. The van der Waals surface area contributed by atoms with Crippen LogP contribution in [-0.4, -0.2) is 17.4 Å². The zero-order chi connectivity index (χ0) is 11.8. The van der Waals surface area contributed by atoms with Gasteiger partial charge in [0.25, 0.3) is 5.91 Å². The number of hydrogen-bond donors (Lipinski definition) is 2. The van der Waals surface area contributed by atoms with Gasteiger partial charge in [0.15, 0.2) is 0 Å². The number of nitrogens with one attached hydrogen (secondary N) is 2. The van der Waals surface area contributed by atoms with Gasteiger partial charge in [-0.25, -0.2) is 0 Å². The number of rotatable bonds is 3. The van der Waals surface area contributed by atoms with Crippen LogP contribution < -0.4 is 5.32 Å². The fourth-order valence-electron chi connectivity index (χ4n) is 2.29. The summed E-state index contributed by atoms with van der Waals surface area (Å²) < 4.78 is 0. The molecule has 0 radical (unpaired) electrons. The van der Waals surface area contributed by atoms with Gasteiger partial charge in [0.1, 0.15) is 0 Å². The minimum absolute atomic E-state index is 0.0364. The fraction of sp³-hybridized carbons (Fsp3) is 0.357. The molecule has 1 fully saturated rings. The predicted molar refractivity (Wildman–Crippen MR) is 67.9 cm³/mol. The second kappa shape index (κ2) is 3.91. The summed E-state index contributed by atoms with van der Waals surface area (Å²) in [6.07, 6.45) is 3.11. The number of aromatic nitrogens is 1. The van der Waals surface area contributed by atoms with Crippen molar-refractivity contribution >= 4 is 16.8 Å². The molecule has 1 aromatic heterocycles. The summed E-state index contributed by atoms with van der Waals surface area (Å²) in [5.41, 5.74) is 1.77. The van der Waals surface area contributed by atoms with Crippen LogP contribution in [0, 0.1) is 11.8 Å². The minimum atomic E-state index is 0.0364. The zero-order valence-electron chi connectivity index (χ0n) is 9.86. The van der Waals surface area contributed by atoms with E-state index in [0.717, 1.165) is 28.9 Å². The number of carbonyl (C=O) groups is 1. The van der Waals surface area contributed by atoms with Gasteiger partial charge < -0.3 is 10.3 Å². The van der Waals surface area contributed by atoms with Crippen molar-refractivity contribution < 1.29 is 4.79 Å². The summed E-state index contributed by atoms with van der Waals surface area (Å²) >= 11 is 0. The fourth-order valence-corrected chi connectivity index (χ4v) is 2.29. The van der Waals surface area contributed by atoms with E-state index in [4.69, 9.17) is 0 Å². The number of amides is 1. The average molecular weight is 228 g/mol. The number of benzene rings is 1. The van der Waals surface area contributed by atoms with Crippen LogP contribution in [-0.2, 0) is 0 Å². The molecule has 0 spiro atoms. The molecule has 1 aromatic carbocycles. The van der Waals surface area contributed by atoms with Crippen LogP contribution in [0.2, 0.25) is 0 Å². The van der Waals surface area contributed by atoms with Crippen molar-refractivity contribution in [3.05, 3.63) is 36.0 Å². The first-order chi connectivity index (χ1) is 8.25. The molecule has 17 heavy (non-hydrogen) atoms. The number of fused-ring (bicyclic) bond motifs is 1. The number of carbonyl (C=O) groups excluding carboxylic acids is 1. The third-order valence-corrected chi connectivity index (χ3v) is 3.64. The number of aromatic amines is 1. The van der Waals surface area contributed by atoms with E-state index < -0.39 is 0 Å². The molecule has 0 saturated heterocycles. The van der Waals surface area contributed by atoms with E-state index in [9.17, 15) is 4.79 Å². The smallest absolute Gasteiger partial charge is 0.251 e. The molecular weight excluding hydrogens is 212 g/mol. The van der Waals surface area contributed by atoms with Crippen LogP contribution in [0.4, 0.5) is 0 Å². The van der Waals surface area contributed by atoms with Gasteiger partial charge in [-0.15, -0.1) is 0 Å². The largest absolute Gasteiger partial charge is 0.361 e. The molecule has 88 valence electrons. The highest BCUT2D eigenvalue weighted by Crippen LogP contribution is 2.36. The van der Waals surface area contributed by atoms with Crippen LogP contribution in [0.25, 0.3) is 10.9 Å². The molecule has 3 nitrogen and oxygen atoms in total. The van der Waals surface area contributed by atoms with Gasteiger partial charge >= 0.3 is 0 Å². The maximum atomic E-state index is 12.1. The highest BCUT2D eigenvalue weighted by molar-refractivity contribution is 6.06. The molecule has 3 heteroatoms. The van der Waals surface area contributed by atoms with E-state index in [1.165, 1.54) is 6.42 Å². The van der Waals surface area contributed by atoms with E-state index in [1.807, 2.05) is 30.5 Å². The van der Waals surface area contributed by atoms with Gasteiger partial charge in [-0.2, -0.15) is 0 Å². The van der Waals surface area contributed by atoms with E-state index in [2.05, 4.69) is 17.2 Å². The second-order valence-corrected chi connectivity index (χ2v) is 4.93. The summed E-state index contributed by atoms with van der Waals surface area (Å²) in [4.78, 5) is 15.2. The monoisotopic (exact) mass is 228 g/mol. The summed E-state index contributed by atoms with van der Waals surface area (Å²) in [6, 6.07) is 7.72. The Morgan fingerprint density at radius 2 is 2.29 bits per heavy atom. The van der Waals surface area contributed by atoms with Gasteiger partial charge in [0.2, 0.25) is 0 Å². The first kappa shape index (κ1) is 10.4. The van der Waals surface area contributed by atoms with E-state index >= 15 is 0 Å². The Labute approximate surface area is 100 Å². The second-order valence-electron chi connectivity index (χ2n) is 4.93. The van der Waals surface area contributed by atoms with Crippen molar-refractivity contribution in [3.8, 4) is 0 Å². The normalized spacial score (nSPS) is 22.6. The molecule has 1 aliphatic rings. The van der Waals surface area contributed by atoms with Crippen molar-refractivity contribution in [2.45, 2.75) is 13.3 Å². The maximum Gasteiger partial charge on any atom is 0.251 e. The summed E-state index contributed by atoms with van der Waals surface area (Å²) in [5.74, 6) is 1.50. The van der Waals surface area contributed by atoms with E-state index in [1.54, 1.807) is 0 Å². The van der Waals surface area contributed by atoms with E-state index in [-0.39, 0.29) is 5.91 Å². The first-order valence-electron chi connectivity index (χ1n) is 6.10. The quantitative estimate of drug-likeness (QED) is 0.833. The summed E-state index contributed by atoms with van der Waals surface area (Å²) in [5, 5.41) is 4.01. The van der Waals surface area contributed by atoms with Crippen LogP contribution in [0.15, 0.2) is 30.5 Å². The van der Waals surface area contributed by atoms with Crippen molar-refractivity contribution in [3.63, 3.8) is 0 Å². The zero-order valence-corrected chi connectivity index (χ0v) is 9.86. The third kappa shape index (κ3) is 1.93. The molecule has 2 unspecified atom stereocenters.